The highest BCUT2D eigenvalue weighted by molar-refractivity contribution is 5.68. The molecule has 0 fully saturated rings. The van der Waals surface area contributed by atoms with Crippen LogP contribution in [-0.2, 0) is 6.54 Å². The van der Waals surface area contributed by atoms with Crippen molar-refractivity contribution in [3.63, 3.8) is 0 Å². The van der Waals surface area contributed by atoms with Crippen LogP contribution in [0.2, 0.25) is 0 Å². The summed E-state index contributed by atoms with van der Waals surface area (Å²) in [7, 11) is 0. The zero-order valence-electron chi connectivity index (χ0n) is 14.6. The van der Waals surface area contributed by atoms with Crippen LogP contribution in [-0.4, -0.2) is 39.2 Å². The Bertz CT molecular complexity index is 927. The fourth-order valence-electron chi connectivity index (χ4n) is 2.65. The molecule has 2 aromatic heterocycles. The summed E-state index contributed by atoms with van der Waals surface area (Å²) in [5.74, 6) is 0.697. The molecule has 9 nitrogen and oxygen atoms in total. The molecule has 0 saturated carbocycles. The molecule has 5 N–H and O–H groups in total. The molecular formula is C17H21N9. The van der Waals surface area contributed by atoms with Gasteiger partial charge in [-0.15, -0.1) is 5.10 Å². The van der Waals surface area contributed by atoms with Gasteiger partial charge >= 0.3 is 0 Å². The van der Waals surface area contributed by atoms with E-state index in [-0.39, 0.29) is 17.3 Å². The van der Waals surface area contributed by atoms with Crippen molar-refractivity contribution >= 4 is 23.4 Å². The van der Waals surface area contributed by atoms with Crippen molar-refractivity contribution in [2.75, 3.05) is 36.0 Å². The van der Waals surface area contributed by atoms with Crippen LogP contribution < -0.4 is 21.7 Å². The SMILES string of the molecule is CCN(CCNCc1ccccc1)c1nc(N)n2nc(N)c(C#N)c2n1. The van der Waals surface area contributed by atoms with Crippen molar-refractivity contribution in [3.8, 4) is 6.07 Å². The van der Waals surface area contributed by atoms with Gasteiger partial charge in [0.25, 0.3) is 0 Å². The van der Waals surface area contributed by atoms with Crippen molar-refractivity contribution in [2.45, 2.75) is 13.5 Å². The van der Waals surface area contributed by atoms with Crippen LogP contribution in [0.4, 0.5) is 17.7 Å². The lowest BCUT2D eigenvalue weighted by Crippen LogP contribution is -2.33. The van der Waals surface area contributed by atoms with Crippen molar-refractivity contribution in [1.29, 1.82) is 5.26 Å². The van der Waals surface area contributed by atoms with Crippen LogP contribution in [0, 0.1) is 11.3 Å². The topological polar surface area (TPSA) is 134 Å². The first-order chi connectivity index (χ1) is 12.6. The van der Waals surface area contributed by atoms with Gasteiger partial charge < -0.3 is 21.7 Å². The molecular weight excluding hydrogens is 330 g/mol. The van der Waals surface area contributed by atoms with Gasteiger partial charge in [0.1, 0.15) is 11.6 Å². The van der Waals surface area contributed by atoms with E-state index in [1.807, 2.05) is 36.1 Å². The Morgan fingerprint density at radius 1 is 1.23 bits per heavy atom. The van der Waals surface area contributed by atoms with Gasteiger partial charge in [-0.1, -0.05) is 30.3 Å². The van der Waals surface area contributed by atoms with E-state index < -0.39 is 0 Å². The normalized spacial score (nSPS) is 10.8. The van der Waals surface area contributed by atoms with Crippen molar-refractivity contribution in [1.82, 2.24) is 24.9 Å². The number of aromatic nitrogens is 4. The fraction of sp³-hybridized carbons (Fsp3) is 0.294. The zero-order chi connectivity index (χ0) is 18.5. The minimum atomic E-state index is 0.0956. The summed E-state index contributed by atoms with van der Waals surface area (Å²) < 4.78 is 1.29. The third kappa shape index (κ3) is 3.50. The Kier molecular flexibility index (Phi) is 5.15. The van der Waals surface area contributed by atoms with Gasteiger partial charge in [-0.2, -0.15) is 19.7 Å². The minimum absolute atomic E-state index is 0.0956. The zero-order valence-corrected chi connectivity index (χ0v) is 14.6. The smallest absolute Gasteiger partial charge is 0.230 e. The number of anilines is 3. The molecule has 9 heteroatoms. The number of benzene rings is 1. The van der Waals surface area contributed by atoms with Gasteiger partial charge in [-0.3, -0.25) is 0 Å². The molecule has 0 atom stereocenters. The number of hydrogen-bond donors (Lipinski definition) is 3. The van der Waals surface area contributed by atoms with Crippen molar-refractivity contribution < 1.29 is 0 Å². The van der Waals surface area contributed by atoms with E-state index in [1.165, 1.54) is 10.1 Å². The number of nitrogens with two attached hydrogens (primary N) is 2. The van der Waals surface area contributed by atoms with Crippen LogP contribution in [0.1, 0.15) is 18.1 Å². The molecule has 0 saturated heterocycles. The van der Waals surface area contributed by atoms with Gasteiger partial charge in [-0.05, 0) is 12.5 Å². The number of nitriles is 1. The van der Waals surface area contributed by atoms with Crippen LogP contribution in [0.3, 0.4) is 0 Å². The first-order valence-electron chi connectivity index (χ1n) is 8.35. The van der Waals surface area contributed by atoms with Crippen LogP contribution in [0.25, 0.3) is 5.65 Å². The third-order valence-corrected chi connectivity index (χ3v) is 4.03. The standard InChI is InChI=1S/C17H21N9/c1-2-25(9-8-21-11-12-6-4-3-5-7-12)17-22-15-13(10-18)14(19)24-26(15)16(20)23-17/h3-7,21H,2,8-9,11H2,1H3,(H2,19,24)(H2,20,22,23). The number of nitrogens with zero attached hydrogens (tertiary/aromatic N) is 6. The highest BCUT2D eigenvalue weighted by Crippen LogP contribution is 2.19. The first kappa shape index (κ1) is 17.4. The average molecular weight is 351 g/mol. The summed E-state index contributed by atoms with van der Waals surface area (Å²) in [6.07, 6.45) is 0. The van der Waals surface area contributed by atoms with E-state index in [2.05, 4.69) is 32.5 Å². The summed E-state index contributed by atoms with van der Waals surface area (Å²) in [6.45, 7) is 4.96. The molecule has 0 aliphatic carbocycles. The van der Waals surface area contributed by atoms with Crippen LogP contribution in [0.5, 0.6) is 0 Å². The summed E-state index contributed by atoms with van der Waals surface area (Å²) in [5.41, 5.74) is 13.5. The number of nitrogen functional groups attached to an aromatic ring is 2. The quantitative estimate of drug-likeness (QED) is 0.532. The van der Waals surface area contributed by atoms with Crippen LogP contribution >= 0.6 is 0 Å². The largest absolute Gasteiger partial charge is 0.381 e. The molecule has 3 aromatic rings. The Labute approximate surface area is 151 Å². The van der Waals surface area contributed by atoms with Crippen molar-refractivity contribution in [2.24, 2.45) is 0 Å². The fourth-order valence-corrected chi connectivity index (χ4v) is 2.65. The highest BCUT2D eigenvalue weighted by Gasteiger charge is 2.17. The van der Waals surface area contributed by atoms with Gasteiger partial charge in [0.15, 0.2) is 11.5 Å². The van der Waals surface area contributed by atoms with E-state index in [9.17, 15) is 5.26 Å². The lowest BCUT2D eigenvalue weighted by atomic mass is 10.2. The maximum absolute atomic E-state index is 9.26. The van der Waals surface area contributed by atoms with E-state index in [1.54, 1.807) is 0 Å². The Balaban J connectivity index is 1.72. The molecule has 0 unspecified atom stereocenters. The van der Waals surface area contributed by atoms with E-state index in [0.717, 1.165) is 13.1 Å². The predicted octanol–water partition coefficient (Wildman–Crippen LogP) is 0.776. The van der Waals surface area contributed by atoms with E-state index in [4.69, 9.17) is 11.5 Å². The third-order valence-electron chi connectivity index (χ3n) is 4.03. The Morgan fingerprint density at radius 3 is 2.69 bits per heavy atom. The molecule has 2 heterocycles. The molecule has 0 radical (unpaired) electrons. The molecule has 3 rings (SSSR count). The summed E-state index contributed by atoms with van der Waals surface area (Å²) in [6, 6.07) is 12.2. The van der Waals surface area contributed by atoms with E-state index >= 15 is 0 Å². The summed E-state index contributed by atoms with van der Waals surface area (Å²) in [5, 5.41) is 16.7. The molecule has 0 bridgehead atoms. The van der Waals surface area contributed by atoms with Crippen molar-refractivity contribution in [3.05, 3.63) is 41.5 Å². The number of rotatable bonds is 7. The average Bonchev–Trinajstić information content (AvgIpc) is 2.98. The molecule has 26 heavy (non-hydrogen) atoms. The monoisotopic (exact) mass is 351 g/mol. The highest BCUT2D eigenvalue weighted by atomic mass is 15.4. The van der Waals surface area contributed by atoms with Gasteiger partial charge in [0, 0.05) is 26.2 Å². The number of hydrogen-bond acceptors (Lipinski definition) is 8. The second-order valence-electron chi connectivity index (χ2n) is 5.73. The number of likely N-dealkylation sites (N-methyl/N-ethyl adjacent to an activating group) is 1. The number of fused-ring (bicyclic) bond motifs is 1. The van der Waals surface area contributed by atoms with Gasteiger partial charge in [0.05, 0.1) is 0 Å². The molecule has 1 aromatic carbocycles. The second-order valence-corrected chi connectivity index (χ2v) is 5.73. The lowest BCUT2D eigenvalue weighted by molar-refractivity contribution is 0.657. The Hall–Kier alpha value is -3.38. The minimum Gasteiger partial charge on any atom is -0.381 e. The molecule has 0 spiro atoms. The molecule has 134 valence electrons. The van der Waals surface area contributed by atoms with E-state index in [0.29, 0.717) is 24.7 Å². The molecule has 0 aliphatic rings. The Morgan fingerprint density at radius 2 is 2.00 bits per heavy atom. The molecule has 0 aliphatic heterocycles. The summed E-state index contributed by atoms with van der Waals surface area (Å²) >= 11 is 0. The maximum atomic E-state index is 9.26. The van der Waals surface area contributed by atoms with Gasteiger partial charge in [-0.25, -0.2) is 0 Å². The second kappa shape index (κ2) is 7.67. The lowest BCUT2D eigenvalue weighted by Gasteiger charge is -2.21. The maximum Gasteiger partial charge on any atom is 0.230 e. The van der Waals surface area contributed by atoms with Gasteiger partial charge in [0.2, 0.25) is 11.9 Å². The first-order valence-corrected chi connectivity index (χ1v) is 8.35. The van der Waals surface area contributed by atoms with Crippen LogP contribution in [0.15, 0.2) is 30.3 Å². The number of nitrogens with one attached hydrogen (secondary N) is 1. The summed E-state index contributed by atoms with van der Waals surface area (Å²) in [4.78, 5) is 10.7. The molecule has 0 amide bonds. The predicted molar refractivity (Wildman–Crippen MR) is 100 cm³/mol.